The Morgan fingerprint density at radius 1 is 0.808 bits per heavy atom. The van der Waals surface area contributed by atoms with Gasteiger partial charge in [0.25, 0.3) is 0 Å². The highest BCUT2D eigenvalue weighted by Gasteiger charge is 2.14. The summed E-state index contributed by atoms with van der Waals surface area (Å²) in [6.07, 6.45) is 5.16. The molecule has 2 rings (SSSR count). The quantitative estimate of drug-likeness (QED) is 0.545. The van der Waals surface area contributed by atoms with Crippen molar-refractivity contribution < 1.29 is 4.79 Å². The van der Waals surface area contributed by atoms with Crippen LogP contribution in [0.15, 0.2) is 54.6 Å². The summed E-state index contributed by atoms with van der Waals surface area (Å²) < 4.78 is 0. The average Bonchev–Trinajstić information content (AvgIpc) is 2.66. The number of rotatable bonds is 10. The molecule has 0 unspecified atom stereocenters. The molecule has 0 saturated carbocycles. The second-order valence-electron chi connectivity index (χ2n) is 7.11. The number of unbranched alkanes of at least 4 members (excludes halogenated alkanes) is 3. The van der Waals surface area contributed by atoms with Crippen LogP contribution in [-0.4, -0.2) is 24.9 Å². The summed E-state index contributed by atoms with van der Waals surface area (Å²) in [5.74, 6) is 0.252. The second-order valence-corrected chi connectivity index (χ2v) is 7.11. The zero-order chi connectivity index (χ0) is 18.8. The molecule has 2 aromatic carbocycles. The number of carbonyl (C=O) groups excluding carboxylic acids is 1. The molecule has 3 heteroatoms. The van der Waals surface area contributed by atoms with Crippen LogP contribution in [0.2, 0.25) is 0 Å². The van der Waals surface area contributed by atoms with Gasteiger partial charge in [0.1, 0.15) is 0 Å². The fourth-order valence-electron chi connectivity index (χ4n) is 3.02. The molecule has 140 valence electrons. The fourth-order valence-corrected chi connectivity index (χ4v) is 3.02. The van der Waals surface area contributed by atoms with Crippen molar-refractivity contribution in [1.29, 1.82) is 0 Å². The van der Waals surface area contributed by atoms with Gasteiger partial charge in [0.15, 0.2) is 0 Å². The van der Waals surface area contributed by atoms with Gasteiger partial charge >= 0.3 is 0 Å². The Bertz CT molecular complexity index is 650. The van der Waals surface area contributed by atoms with Crippen LogP contribution in [0.1, 0.15) is 50.2 Å². The maximum absolute atomic E-state index is 12.8. The number of carbonyl (C=O) groups is 1. The van der Waals surface area contributed by atoms with Crippen molar-refractivity contribution in [3.8, 4) is 0 Å². The van der Waals surface area contributed by atoms with E-state index in [2.05, 4.69) is 48.2 Å². The average molecular weight is 353 g/mol. The van der Waals surface area contributed by atoms with E-state index in [-0.39, 0.29) is 5.91 Å². The van der Waals surface area contributed by atoms with E-state index in [0.717, 1.165) is 12.8 Å². The van der Waals surface area contributed by atoms with E-state index >= 15 is 0 Å². The van der Waals surface area contributed by atoms with Crippen LogP contribution in [-0.2, 0) is 17.9 Å². The third-order valence-electron chi connectivity index (χ3n) is 4.64. The van der Waals surface area contributed by atoms with E-state index in [1.807, 2.05) is 37.2 Å². The zero-order valence-electron chi connectivity index (χ0n) is 16.4. The Morgan fingerprint density at radius 3 is 2.00 bits per heavy atom. The van der Waals surface area contributed by atoms with Gasteiger partial charge in [-0.25, -0.2) is 0 Å². The standard InChI is InChI=1S/C23H32N2O/c1-4-5-6-10-13-23(26)25(18-20-11-8-7-9-12-20)19-21-14-16-22(17-15-21)24(2)3/h7-9,11-12,14-17H,4-6,10,13,18-19H2,1-3H3. The minimum Gasteiger partial charge on any atom is -0.378 e. The highest BCUT2D eigenvalue weighted by Crippen LogP contribution is 2.17. The molecule has 0 aliphatic rings. The molecule has 26 heavy (non-hydrogen) atoms. The molecule has 0 fully saturated rings. The van der Waals surface area contributed by atoms with E-state index in [4.69, 9.17) is 0 Å². The van der Waals surface area contributed by atoms with Crippen LogP contribution < -0.4 is 4.90 Å². The number of hydrogen-bond donors (Lipinski definition) is 0. The summed E-state index contributed by atoms with van der Waals surface area (Å²) in [4.78, 5) is 16.9. The van der Waals surface area contributed by atoms with Crippen LogP contribution in [0.3, 0.4) is 0 Å². The number of benzene rings is 2. The van der Waals surface area contributed by atoms with Crippen LogP contribution in [0.4, 0.5) is 5.69 Å². The zero-order valence-corrected chi connectivity index (χ0v) is 16.4. The number of hydrogen-bond acceptors (Lipinski definition) is 2. The van der Waals surface area contributed by atoms with Crippen molar-refractivity contribution in [3.63, 3.8) is 0 Å². The summed E-state index contributed by atoms with van der Waals surface area (Å²) in [5.41, 5.74) is 3.53. The van der Waals surface area contributed by atoms with Gasteiger partial charge in [-0.3, -0.25) is 4.79 Å². The highest BCUT2D eigenvalue weighted by atomic mass is 16.2. The van der Waals surface area contributed by atoms with Gasteiger partial charge in [-0.15, -0.1) is 0 Å². The number of anilines is 1. The third kappa shape index (κ3) is 6.55. The first-order chi connectivity index (χ1) is 12.6. The molecule has 0 aliphatic carbocycles. The smallest absolute Gasteiger partial charge is 0.223 e. The maximum Gasteiger partial charge on any atom is 0.223 e. The van der Waals surface area contributed by atoms with Gasteiger partial charge in [0.05, 0.1) is 0 Å². The van der Waals surface area contributed by atoms with E-state index in [1.54, 1.807) is 0 Å². The molecule has 3 nitrogen and oxygen atoms in total. The fraction of sp³-hybridized carbons (Fsp3) is 0.435. The van der Waals surface area contributed by atoms with Crippen molar-refractivity contribution in [2.75, 3.05) is 19.0 Å². The predicted molar refractivity (Wildman–Crippen MR) is 110 cm³/mol. The molecule has 0 radical (unpaired) electrons. The van der Waals surface area contributed by atoms with Crippen molar-refractivity contribution in [3.05, 3.63) is 65.7 Å². The topological polar surface area (TPSA) is 23.6 Å². The lowest BCUT2D eigenvalue weighted by atomic mass is 10.1. The molecule has 0 aromatic heterocycles. The Balaban J connectivity index is 2.05. The first kappa shape index (κ1) is 20.0. The molecule has 0 spiro atoms. The van der Waals surface area contributed by atoms with E-state index in [1.165, 1.54) is 29.7 Å². The molecule has 2 aromatic rings. The van der Waals surface area contributed by atoms with Crippen LogP contribution in [0.5, 0.6) is 0 Å². The minimum atomic E-state index is 0.252. The van der Waals surface area contributed by atoms with Gasteiger partial charge in [0, 0.05) is 39.3 Å². The molecule has 0 N–H and O–H groups in total. The summed E-state index contributed by atoms with van der Waals surface area (Å²) in [6.45, 7) is 3.53. The molecule has 0 aliphatic heterocycles. The molecular weight excluding hydrogens is 320 g/mol. The lowest BCUT2D eigenvalue weighted by Gasteiger charge is -2.24. The van der Waals surface area contributed by atoms with Crippen molar-refractivity contribution >= 4 is 11.6 Å². The highest BCUT2D eigenvalue weighted by molar-refractivity contribution is 5.76. The predicted octanol–water partition coefficient (Wildman–Crippen LogP) is 5.25. The van der Waals surface area contributed by atoms with Gasteiger partial charge < -0.3 is 9.80 Å². The van der Waals surface area contributed by atoms with Gasteiger partial charge in [-0.05, 0) is 29.7 Å². The Labute approximate surface area is 158 Å². The third-order valence-corrected chi connectivity index (χ3v) is 4.64. The Hall–Kier alpha value is -2.29. The summed E-state index contributed by atoms with van der Waals surface area (Å²) in [5, 5.41) is 0. The van der Waals surface area contributed by atoms with E-state index in [9.17, 15) is 4.79 Å². The minimum absolute atomic E-state index is 0.252. The summed E-state index contributed by atoms with van der Waals surface area (Å²) >= 11 is 0. The normalized spacial score (nSPS) is 10.6. The molecule has 0 atom stereocenters. The van der Waals surface area contributed by atoms with Crippen molar-refractivity contribution in [2.45, 2.75) is 52.1 Å². The lowest BCUT2D eigenvalue weighted by molar-refractivity contribution is -0.132. The number of nitrogens with zero attached hydrogens (tertiary/aromatic N) is 2. The molecular formula is C23H32N2O. The van der Waals surface area contributed by atoms with Crippen molar-refractivity contribution in [2.24, 2.45) is 0 Å². The first-order valence-corrected chi connectivity index (χ1v) is 9.68. The van der Waals surface area contributed by atoms with Gasteiger partial charge in [-0.2, -0.15) is 0 Å². The molecule has 1 amide bonds. The first-order valence-electron chi connectivity index (χ1n) is 9.68. The molecule has 0 bridgehead atoms. The van der Waals surface area contributed by atoms with Crippen LogP contribution in [0.25, 0.3) is 0 Å². The number of amides is 1. The summed E-state index contributed by atoms with van der Waals surface area (Å²) in [6, 6.07) is 18.7. The molecule has 0 saturated heterocycles. The van der Waals surface area contributed by atoms with Gasteiger partial charge in [-0.1, -0.05) is 68.7 Å². The van der Waals surface area contributed by atoms with Gasteiger partial charge in [0.2, 0.25) is 5.91 Å². The van der Waals surface area contributed by atoms with Crippen molar-refractivity contribution in [1.82, 2.24) is 4.90 Å². The molecule has 0 heterocycles. The summed E-state index contributed by atoms with van der Waals surface area (Å²) in [7, 11) is 4.08. The second kappa shape index (κ2) is 10.6. The monoisotopic (exact) mass is 352 g/mol. The van der Waals surface area contributed by atoms with E-state index < -0.39 is 0 Å². The lowest BCUT2D eigenvalue weighted by Crippen LogP contribution is -2.30. The Morgan fingerprint density at radius 2 is 1.42 bits per heavy atom. The van der Waals surface area contributed by atoms with Crippen LogP contribution in [0, 0.1) is 0 Å². The largest absolute Gasteiger partial charge is 0.378 e. The van der Waals surface area contributed by atoms with Crippen LogP contribution >= 0.6 is 0 Å². The Kier molecular flexibility index (Phi) is 8.20. The maximum atomic E-state index is 12.8. The van der Waals surface area contributed by atoms with E-state index in [0.29, 0.717) is 19.5 Å². The SMILES string of the molecule is CCCCCCC(=O)N(Cc1ccccc1)Cc1ccc(N(C)C)cc1.